The van der Waals surface area contributed by atoms with Gasteiger partial charge < -0.3 is 62.0 Å². The molecule has 6 saturated heterocycles. The minimum atomic E-state index is -1.09. The highest BCUT2D eigenvalue weighted by atomic mass is 35.5. The summed E-state index contributed by atoms with van der Waals surface area (Å²) in [4.78, 5) is 100.0. The van der Waals surface area contributed by atoms with E-state index < -0.39 is 119 Å². The number of anilines is 2. The number of fused-ring (bicyclic) bond motifs is 2. The van der Waals surface area contributed by atoms with Crippen molar-refractivity contribution in [3.05, 3.63) is 176 Å². The SMILES string of the molecule is C.CC1(N)CS(=O)C1.CC1(N)CSC1.CC1(NC(=O)OCc2ccccc2)CS(=O)C1.CC1(NC(=O)OCc2ccccc2)CSC1.Cc1c(C(=O)C(=O)NC2(C)CS(=O)C2)c2n(c1C(=O)Nc1ccc(F)c(F)c1)CCC2.Cc1c(C(=O)C(=O)NC2(C)CS(=O)C2)c2n(c1C(=O)Nc1ccc(F)c(F)c1)CCC2.Cl. The second kappa shape index (κ2) is 37.8. The van der Waals surface area contributed by atoms with Gasteiger partial charge in [-0.1, -0.05) is 68.1 Å². The van der Waals surface area contributed by atoms with Crippen LogP contribution in [0.3, 0.4) is 0 Å². The number of nitrogens with zero attached hydrogens (tertiary/aromatic N) is 2. The van der Waals surface area contributed by atoms with Gasteiger partial charge in [0.1, 0.15) is 24.6 Å². The van der Waals surface area contributed by atoms with Crippen LogP contribution in [0.25, 0.3) is 0 Å². The Morgan fingerprint density at radius 3 is 1.07 bits per heavy atom. The van der Waals surface area contributed by atoms with Crippen molar-refractivity contribution in [2.24, 2.45) is 11.5 Å². The van der Waals surface area contributed by atoms with Crippen LogP contribution in [0.15, 0.2) is 97.1 Å². The number of carbonyl (C=O) groups excluding carboxylic acids is 8. The Balaban J connectivity index is 0.000000197. The van der Waals surface area contributed by atoms with E-state index in [0.29, 0.717) is 114 Å². The predicted molar refractivity (Wildman–Crippen MR) is 427 cm³/mol. The van der Waals surface area contributed by atoms with E-state index in [0.717, 1.165) is 58.4 Å². The molecule has 0 bridgehead atoms. The Labute approximate surface area is 661 Å². The summed E-state index contributed by atoms with van der Waals surface area (Å²) in [6, 6.07) is 25.2. The number of halogens is 5. The highest BCUT2D eigenvalue weighted by Gasteiger charge is 2.45. The van der Waals surface area contributed by atoms with Gasteiger partial charge in [0.15, 0.2) is 23.3 Å². The van der Waals surface area contributed by atoms with E-state index in [1.165, 1.54) is 12.1 Å². The molecule has 14 rings (SSSR count). The number of ketones is 2. The molecule has 4 aromatic carbocycles. The Hall–Kier alpha value is -7.57. The quantitative estimate of drug-likeness (QED) is 0.0254. The van der Waals surface area contributed by atoms with Gasteiger partial charge in [-0.15, -0.1) is 12.4 Å². The van der Waals surface area contributed by atoms with E-state index in [-0.39, 0.29) is 88.6 Å². The number of alkyl carbamates (subject to hydrolysis) is 2. The number of hydrogen-bond acceptors (Lipinski definition) is 18. The minimum absolute atomic E-state index is 0. The van der Waals surface area contributed by atoms with Crippen LogP contribution in [0, 0.1) is 37.1 Å². The number of benzene rings is 4. The molecule has 6 fully saturated rings. The first kappa shape index (κ1) is 89.6. The molecule has 10 N–H and O–H groups in total. The van der Waals surface area contributed by atoms with Crippen LogP contribution in [-0.2, 0) is 101 Å². The maximum atomic E-state index is 13.5. The molecular formula is C75H95ClF4N10O14S6. The smallest absolute Gasteiger partial charge is 0.407 e. The molecule has 0 aliphatic carbocycles. The Morgan fingerprint density at radius 2 is 0.791 bits per heavy atom. The highest BCUT2D eigenvalue weighted by molar-refractivity contribution is 8.01. The van der Waals surface area contributed by atoms with Crippen LogP contribution in [0.1, 0.15) is 137 Å². The van der Waals surface area contributed by atoms with Crippen LogP contribution in [-0.4, -0.2) is 176 Å². The van der Waals surface area contributed by atoms with Gasteiger partial charge >= 0.3 is 12.2 Å². The third-order valence-corrected chi connectivity index (χ3v) is 29.2. The number of nitrogens with two attached hydrogens (primary N) is 2. The highest BCUT2D eigenvalue weighted by Crippen LogP contribution is 2.34. The Kier molecular flexibility index (Phi) is 30.8. The third kappa shape index (κ3) is 23.8. The van der Waals surface area contributed by atoms with Crippen molar-refractivity contribution in [2.45, 2.75) is 148 Å². The number of thioether (sulfide) groups is 2. The molecule has 0 unspecified atom stereocenters. The van der Waals surface area contributed by atoms with Crippen molar-refractivity contribution in [1.82, 2.24) is 30.4 Å². The molecule has 35 heteroatoms. The van der Waals surface area contributed by atoms with E-state index in [4.69, 9.17) is 20.9 Å². The van der Waals surface area contributed by atoms with Crippen LogP contribution in [0.4, 0.5) is 38.5 Å². The number of hydrogen-bond donors (Lipinski definition) is 8. The van der Waals surface area contributed by atoms with Gasteiger partial charge in [0.25, 0.3) is 35.2 Å². The van der Waals surface area contributed by atoms with E-state index in [1.54, 1.807) is 36.8 Å². The summed E-state index contributed by atoms with van der Waals surface area (Å²) in [5.41, 5.74) is 14.2. The van der Waals surface area contributed by atoms with Gasteiger partial charge in [-0.05, 0) is 128 Å². The molecule has 110 heavy (non-hydrogen) atoms. The lowest BCUT2D eigenvalue weighted by molar-refractivity contribution is -0.119. The number of carbonyl (C=O) groups is 8. The van der Waals surface area contributed by atoms with Crippen molar-refractivity contribution < 1.29 is 82.2 Å². The summed E-state index contributed by atoms with van der Waals surface area (Å²) in [5, 5.41) is 16.0. The molecule has 6 amide bonds. The average Bonchev–Trinajstić information content (AvgIpc) is 1.60. The molecule has 0 spiro atoms. The van der Waals surface area contributed by atoms with Gasteiger partial charge in [-0.3, -0.25) is 45.6 Å². The molecule has 600 valence electrons. The van der Waals surface area contributed by atoms with Gasteiger partial charge in [0.05, 0.1) is 33.3 Å². The number of Topliss-reactive ketones (excluding diaryl/α,β-unsaturated/α-hetero) is 2. The fourth-order valence-corrected chi connectivity index (χ4v) is 20.5. The van der Waals surface area contributed by atoms with Gasteiger partial charge in [0, 0.05) is 171 Å². The van der Waals surface area contributed by atoms with Crippen LogP contribution in [0.5, 0.6) is 0 Å². The van der Waals surface area contributed by atoms with Gasteiger partial charge in [-0.25, -0.2) is 27.2 Å². The number of rotatable bonds is 16. The van der Waals surface area contributed by atoms with Gasteiger partial charge in [-0.2, -0.15) is 23.5 Å². The molecule has 6 aromatic rings. The van der Waals surface area contributed by atoms with Crippen molar-refractivity contribution >= 4 is 138 Å². The number of amides is 6. The number of aromatic nitrogens is 2. The Bertz CT molecular complexity index is 4330. The zero-order valence-electron chi connectivity index (χ0n) is 61.5. The van der Waals surface area contributed by atoms with Crippen LogP contribution < -0.4 is 43.4 Å². The first-order valence-corrected chi connectivity index (χ1v) is 42.8. The van der Waals surface area contributed by atoms with E-state index in [2.05, 4.69) is 38.8 Å². The normalized spacial score (nSPS) is 23.8. The predicted octanol–water partition coefficient (Wildman–Crippen LogP) is 9.01. The van der Waals surface area contributed by atoms with E-state index >= 15 is 0 Å². The second-order valence-corrected chi connectivity index (χ2v) is 37.5. The summed E-state index contributed by atoms with van der Waals surface area (Å²) in [5.74, 6) is -0.680. The molecule has 10 heterocycles. The van der Waals surface area contributed by atoms with Crippen LogP contribution in [0.2, 0.25) is 0 Å². The fourth-order valence-electron chi connectivity index (χ4n) is 12.9. The zero-order valence-corrected chi connectivity index (χ0v) is 67.2. The standard InChI is InChI=1S/2C21H21F2N3O4S.C12H15NO3S.C12H15NO2S.C4H9NOS.C4H9NS.CH4.ClH/c2*1-11-16(18(27)20(29)25-21(2)9-31(30)10-21)15-4-3-7-26(15)17(11)19(28)24-12-5-6-13(22)14(23)8-12;1-12(8-17(15)9-12)13-11(14)16-7-10-5-3-2-4-6-10;1-12(8-16-9-12)13-11(14)15-7-10-5-3-2-4-6-10;1-4(5)2-7(6)3-4;1-4(5)2-6-3-4;;/h2*5-6,8H,3-4,7,9-10H2,1-2H3,(H,24,28)(H,25,29);2-6H,7-9H2,1H3,(H,13,14);2-6H,7-9H2,1H3,(H,13,14);2-3,5H2,1H3;2-3,5H2,1H3;1H4;1H. The third-order valence-electron chi connectivity index (χ3n) is 18.1. The molecule has 0 saturated carbocycles. The van der Waals surface area contributed by atoms with E-state index in [1.807, 2.05) is 105 Å². The average molecular weight is 1660 g/mol. The van der Waals surface area contributed by atoms with Crippen molar-refractivity contribution in [2.75, 3.05) is 79.7 Å². The summed E-state index contributed by atoms with van der Waals surface area (Å²) in [7, 11) is -3.37. The molecule has 2 aromatic heterocycles. The van der Waals surface area contributed by atoms with Crippen molar-refractivity contribution in [1.29, 1.82) is 0 Å². The van der Waals surface area contributed by atoms with E-state index in [9.17, 15) is 72.8 Å². The Morgan fingerprint density at radius 1 is 0.464 bits per heavy atom. The van der Waals surface area contributed by atoms with Crippen molar-refractivity contribution in [3.8, 4) is 0 Å². The summed E-state index contributed by atoms with van der Waals surface area (Å²) >= 11 is 3.75. The summed E-state index contributed by atoms with van der Waals surface area (Å²) in [6.45, 7) is 16.2. The largest absolute Gasteiger partial charge is 0.445 e. The molecule has 24 nitrogen and oxygen atoms in total. The van der Waals surface area contributed by atoms with Crippen molar-refractivity contribution in [3.63, 3.8) is 0 Å². The van der Waals surface area contributed by atoms with Crippen LogP contribution >= 0.6 is 35.9 Å². The lowest BCUT2D eigenvalue weighted by atomic mass is 10.0. The topological polar surface area (TPSA) is 357 Å². The lowest BCUT2D eigenvalue weighted by Gasteiger charge is -2.37. The van der Waals surface area contributed by atoms with Gasteiger partial charge in [0.2, 0.25) is 0 Å². The minimum Gasteiger partial charge on any atom is -0.445 e. The summed E-state index contributed by atoms with van der Waals surface area (Å²) in [6.07, 6.45) is 1.71. The fraction of sp³-hybridized carbons (Fsp3) is 0.467. The number of nitrogens with one attached hydrogen (secondary N) is 6. The molecule has 0 radical (unpaired) electrons. The monoisotopic (exact) mass is 1660 g/mol. The molecule has 8 aliphatic rings. The summed E-state index contributed by atoms with van der Waals surface area (Å²) < 4.78 is 111. The maximum Gasteiger partial charge on any atom is 0.407 e. The molecule has 0 atom stereocenters. The maximum absolute atomic E-state index is 13.5. The first-order chi connectivity index (χ1) is 50.7. The molecular weight excluding hydrogens is 1570 g/mol. The number of ether oxygens (including phenoxy) is 2. The lowest BCUT2D eigenvalue weighted by Crippen LogP contribution is -2.62. The molecule has 8 aliphatic heterocycles. The first-order valence-electron chi connectivity index (χ1n) is 34.6. The zero-order chi connectivity index (χ0) is 78.8. The second-order valence-electron chi connectivity index (χ2n) is 29.7.